The van der Waals surface area contributed by atoms with Gasteiger partial charge in [0.2, 0.25) is 0 Å². The van der Waals surface area contributed by atoms with E-state index in [2.05, 4.69) is 15.2 Å². The second-order valence-electron chi connectivity index (χ2n) is 8.23. The fourth-order valence-electron chi connectivity index (χ4n) is 4.20. The number of ether oxygens (including phenoxy) is 2. The molecule has 0 spiro atoms. The molecule has 1 aromatic heterocycles. The van der Waals surface area contributed by atoms with Crippen molar-refractivity contribution in [2.24, 2.45) is 5.16 Å². The zero-order chi connectivity index (χ0) is 23.0. The molecule has 0 unspecified atom stereocenters. The van der Waals surface area contributed by atoms with Crippen LogP contribution in [0.15, 0.2) is 52.1 Å². The SMILES string of the molecule is CON=C(C)c1ccc(OCOCCCN2CCC(c3noc4cc(F)ccc34)CC2)cc1. The van der Waals surface area contributed by atoms with Crippen molar-refractivity contribution in [3.05, 3.63) is 59.5 Å². The smallest absolute Gasteiger partial charge is 0.189 e. The molecule has 1 fully saturated rings. The van der Waals surface area contributed by atoms with Crippen LogP contribution in [0.3, 0.4) is 0 Å². The highest BCUT2D eigenvalue weighted by Crippen LogP contribution is 2.32. The summed E-state index contributed by atoms with van der Waals surface area (Å²) < 4.78 is 30.0. The molecule has 0 amide bonds. The Bertz CT molecular complexity index is 1060. The molecule has 7 nitrogen and oxygen atoms in total. The first kappa shape index (κ1) is 23.2. The van der Waals surface area contributed by atoms with E-state index in [0.717, 1.165) is 67.0 Å². The maximum Gasteiger partial charge on any atom is 0.189 e. The van der Waals surface area contributed by atoms with Gasteiger partial charge in [0.25, 0.3) is 0 Å². The van der Waals surface area contributed by atoms with Crippen LogP contribution in [-0.2, 0) is 9.57 Å². The lowest BCUT2D eigenvalue weighted by Crippen LogP contribution is -2.34. The van der Waals surface area contributed by atoms with Crippen molar-refractivity contribution in [1.82, 2.24) is 10.1 Å². The molecule has 176 valence electrons. The van der Waals surface area contributed by atoms with Crippen molar-refractivity contribution >= 4 is 16.7 Å². The number of hydrogen-bond acceptors (Lipinski definition) is 7. The van der Waals surface area contributed by atoms with Gasteiger partial charge in [-0.3, -0.25) is 0 Å². The van der Waals surface area contributed by atoms with Gasteiger partial charge in [-0.1, -0.05) is 10.3 Å². The fourth-order valence-corrected chi connectivity index (χ4v) is 4.20. The lowest BCUT2D eigenvalue weighted by molar-refractivity contribution is 0.0106. The third kappa shape index (κ3) is 6.09. The summed E-state index contributed by atoms with van der Waals surface area (Å²) in [6.45, 7) is 5.78. The predicted octanol–water partition coefficient (Wildman–Crippen LogP) is 4.96. The number of aromatic nitrogens is 1. The van der Waals surface area contributed by atoms with Crippen molar-refractivity contribution in [3.63, 3.8) is 0 Å². The molecule has 0 bridgehead atoms. The molecule has 0 atom stereocenters. The maximum absolute atomic E-state index is 13.4. The van der Waals surface area contributed by atoms with Gasteiger partial charge < -0.3 is 23.7 Å². The molecular formula is C25H30FN3O4. The molecule has 2 aromatic carbocycles. The number of benzene rings is 2. The average Bonchev–Trinajstić information content (AvgIpc) is 3.25. The first-order valence-electron chi connectivity index (χ1n) is 11.3. The fraction of sp³-hybridized carbons (Fsp3) is 0.440. The van der Waals surface area contributed by atoms with Crippen LogP contribution in [0.4, 0.5) is 4.39 Å². The monoisotopic (exact) mass is 455 g/mol. The number of oxime groups is 1. The number of fused-ring (bicyclic) bond motifs is 1. The standard InChI is InChI=1S/C25H30FN3O4/c1-18(27-30-2)19-4-7-22(8-5-19)32-17-31-15-3-12-29-13-10-20(11-14-29)25-23-9-6-21(26)16-24(23)33-28-25/h4-9,16,20H,3,10-15,17H2,1-2H3. The minimum absolute atomic E-state index is 0.229. The normalized spacial score (nSPS) is 15.8. The molecule has 8 heteroatoms. The molecule has 33 heavy (non-hydrogen) atoms. The van der Waals surface area contributed by atoms with E-state index >= 15 is 0 Å². The minimum atomic E-state index is -0.298. The minimum Gasteiger partial charge on any atom is -0.468 e. The zero-order valence-corrected chi connectivity index (χ0v) is 19.1. The average molecular weight is 456 g/mol. The number of nitrogens with zero attached hydrogens (tertiary/aromatic N) is 3. The van der Waals surface area contributed by atoms with Crippen LogP contribution >= 0.6 is 0 Å². The molecule has 1 aliphatic heterocycles. The Morgan fingerprint density at radius 2 is 1.97 bits per heavy atom. The summed E-state index contributed by atoms with van der Waals surface area (Å²) >= 11 is 0. The van der Waals surface area contributed by atoms with E-state index in [1.54, 1.807) is 6.07 Å². The largest absolute Gasteiger partial charge is 0.468 e. The Morgan fingerprint density at radius 3 is 2.73 bits per heavy atom. The van der Waals surface area contributed by atoms with E-state index in [4.69, 9.17) is 18.8 Å². The van der Waals surface area contributed by atoms with Gasteiger partial charge in [0, 0.05) is 23.9 Å². The van der Waals surface area contributed by atoms with E-state index in [-0.39, 0.29) is 12.6 Å². The number of hydrogen-bond donors (Lipinski definition) is 0. The Balaban J connectivity index is 1.12. The van der Waals surface area contributed by atoms with Gasteiger partial charge in [0.15, 0.2) is 12.4 Å². The molecule has 4 rings (SSSR count). The van der Waals surface area contributed by atoms with E-state index in [9.17, 15) is 4.39 Å². The summed E-state index contributed by atoms with van der Waals surface area (Å²) in [5.41, 5.74) is 3.28. The molecule has 0 N–H and O–H groups in total. The summed E-state index contributed by atoms with van der Waals surface area (Å²) in [4.78, 5) is 7.24. The van der Waals surface area contributed by atoms with E-state index in [1.807, 2.05) is 31.2 Å². The molecule has 1 aliphatic rings. The first-order valence-corrected chi connectivity index (χ1v) is 11.3. The molecule has 1 saturated heterocycles. The maximum atomic E-state index is 13.4. The highest BCUT2D eigenvalue weighted by Gasteiger charge is 2.24. The van der Waals surface area contributed by atoms with Crippen molar-refractivity contribution in [2.75, 3.05) is 40.1 Å². The Morgan fingerprint density at radius 1 is 1.18 bits per heavy atom. The van der Waals surface area contributed by atoms with Crippen LogP contribution < -0.4 is 4.74 Å². The molecular weight excluding hydrogens is 425 g/mol. The van der Waals surface area contributed by atoms with Crippen molar-refractivity contribution in [3.8, 4) is 5.75 Å². The zero-order valence-electron chi connectivity index (χ0n) is 19.1. The first-order chi connectivity index (χ1) is 16.1. The second kappa shape index (κ2) is 11.2. The van der Waals surface area contributed by atoms with Gasteiger partial charge in [-0.2, -0.15) is 0 Å². The van der Waals surface area contributed by atoms with Gasteiger partial charge in [-0.05, 0) is 81.2 Å². The van der Waals surface area contributed by atoms with Crippen molar-refractivity contribution in [2.45, 2.75) is 32.1 Å². The summed E-state index contributed by atoms with van der Waals surface area (Å²) in [6, 6.07) is 12.3. The van der Waals surface area contributed by atoms with Crippen LogP contribution in [-0.4, -0.2) is 55.9 Å². The number of likely N-dealkylation sites (tertiary alicyclic amines) is 1. The van der Waals surface area contributed by atoms with Crippen LogP contribution in [0, 0.1) is 5.82 Å². The summed E-state index contributed by atoms with van der Waals surface area (Å²) in [5, 5.41) is 9.07. The molecule has 0 saturated carbocycles. The molecule has 3 aromatic rings. The molecule has 0 radical (unpaired) electrons. The summed E-state index contributed by atoms with van der Waals surface area (Å²) in [5.74, 6) is 0.816. The van der Waals surface area contributed by atoms with Crippen LogP contribution in [0.1, 0.15) is 43.4 Å². The van der Waals surface area contributed by atoms with Crippen LogP contribution in [0.2, 0.25) is 0 Å². The lowest BCUT2D eigenvalue weighted by Gasteiger charge is -2.31. The van der Waals surface area contributed by atoms with Gasteiger partial charge in [0.05, 0.1) is 18.0 Å². The number of halogens is 1. The van der Waals surface area contributed by atoms with Gasteiger partial charge in [0.1, 0.15) is 18.7 Å². The van der Waals surface area contributed by atoms with Crippen LogP contribution in [0.5, 0.6) is 5.75 Å². The van der Waals surface area contributed by atoms with E-state index in [0.29, 0.717) is 18.1 Å². The van der Waals surface area contributed by atoms with Gasteiger partial charge in [-0.25, -0.2) is 4.39 Å². The Hall–Kier alpha value is -2.97. The predicted molar refractivity (Wildman–Crippen MR) is 124 cm³/mol. The molecule has 2 heterocycles. The van der Waals surface area contributed by atoms with Crippen molar-refractivity contribution < 1.29 is 23.2 Å². The van der Waals surface area contributed by atoms with E-state index in [1.165, 1.54) is 19.2 Å². The quantitative estimate of drug-likeness (QED) is 0.186. The van der Waals surface area contributed by atoms with Gasteiger partial charge in [-0.15, -0.1) is 0 Å². The second-order valence-corrected chi connectivity index (χ2v) is 8.23. The number of rotatable bonds is 10. The highest BCUT2D eigenvalue weighted by molar-refractivity contribution is 5.98. The van der Waals surface area contributed by atoms with Crippen molar-refractivity contribution in [1.29, 1.82) is 0 Å². The third-order valence-electron chi connectivity index (χ3n) is 6.01. The molecule has 0 aliphatic carbocycles. The van der Waals surface area contributed by atoms with Crippen LogP contribution in [0.25, 0.3) is 11.0 Å². The third-order valence-corrected chi connectivity index (χ3v) is 6.01. The van der Waals surface area contributed by atoms with E-state index < -0.39 is 0 Å². The summed E-state index contributed by atoms with van der Waals surface area (Å²) in [7, 11) is 1.53. The van der Waals surface area contributed by atoms with Gasteiger partial charge >= 0.3 is 0 Å². The topological polar surface area (TPSA) is 69.3 Å². The summed E-state index contributed by atoms with van der Waals surface area (Å²) in [6.07, 6.45) is 2.99. The Labute approximate surface area is 193 Å². The Kier molecular flexibility index (Phi) is 7.91. The number of piperidine rings is 1. The lowest BCUT2D eigenvalue weighted by atomic mass is 9.91. The highest BCUT2D eigenvalue weighted by atomic mass is 19.1.